The standard InChI is InChI=1S/C12H17N3O3/c1-12(2,3)15-11(17)18-9-6-4-5-8(7-9)14-10(13)16/h4-7H,1-3H3,(H,15,17)(H3,13,14,16). The lowest BCUT2D eigenvalue weighted by Gasteiger charge is -2.19. The smallest absolute Gasteiger partial charge is 0.410 e. The first kappa shape index (κ1) is 13.8. The number of primary amides is 1. The van der Waals surface area contributed by atoms with Crippen molar-refractivity contribution >= 4 is 17.8 Å². The molecule has 0 aromatic heterocycles. The molecule has 0 radical (unpaired) electrons. The second-order valence-corrected chi connectivity index (χ2v) is 4.78. The molecule has 6 nitrogen and oxygen atoms in total. The highest BCUT2D eigenvalue weighted by molar-refractivity contribution is 5.88. The Balaban J connectivity index is 2.67. The van der Waals surface area contributed by atoms with Crippen LogP contribution in [-0.2, 0) is 0 Å². The van der Waals surface area contributed by atoms with Crippen LogP contribution in [0.2, 0.25) is 0 Å². The van der Waals surface area contributed by atoms with E-state index in [0.29, 0.717) is 11.4 Å². The van der Waals surface area contributed by atoms with Crippen molar-refractivity contribution in [3.05, 3.63) is 24.3 Å². The van der Waals surface area contributed by atoms with E-state index in [1.807, 2.05) is 20.8 Å². The molecule has 1 aromatic rings. The molecule has 0 unspecified atom stereocenters. The van der Waals surface area contributed by atoms with Crippen LogP contribution in [0.4, 0.5) is 15.3 Å². The van der Waals surface area contributed by atoms with Gasteiger partial charge in [0.05, 0.1) is 0 Å². The molecule has 0 heterocycles. The van der Waals surface area contributed by atoms with Crippen LogP contribution in [-0.4, -0.2) is 17.7 Å². The number of nitrogens with one attached hydrogen (secondary N) is 2. The van der Waals surface area contributed by atoms with Crippen molar-refractivity contribution < 1.29 is 14.3 Å². The van der Waals surface area contributed by atoms with Crippen LogP contribution in [0.15, 0.2) is 24.3 Å². The fourth-order valence-electron chi connectivity index (χ4n) is 1.22. The predicted octanol–water partition coefficient (Wildman–Crippen LogP) is 2.06. The summed E-state index contributed by atoms with van der Waals surface area (Å²) in [5.74, 6) is 0.322. The Kier molecular flexibility index (Phi) is 4.14. The van der Waals surface area contributed by atoms with Gasteiger partial charge in [-0.05, 0) is 32.9 Å². The molecule has 3 amide bonds. The van der Waals surface area contributed by atoms with Gasteiger partial charge in [0, 0.05) is 17.3 Å². The summed E-state index contributed by atoms with van der Waals surface area (Å²) in [6.07, 6.45) is -0.557. The lowest BCUT2D eigenvalue weighted by atomic mass is 10.1. The maximum Gasteiger partial charge on any atom is 0.413 e. The third-order valence-electron chi connectivity index (χ3n) is 1.79. The number of rotatable bonds is 2. The number of nitrogens with two attached hydrogens (primary N) is 1. The zero-order chi connectivity index (χ0) is 13.8. The fourth-order valence-corrected chi connectivity index (χ4v) is 1.22. The van der Waals surface area contributed by atoms with Gasteiger partial charge in [0.1, 0.15) is 5.75 Å². The molecule has 0 fully saturated rings. The van der Waals surface area contributed by atoms with Crippen LogP contribution >= 0.6 is 0 Å². The minimum atomic E-state index is -0.675. The molecule has 0 spiro atoms. The minimum absolute atomic E-state index is 0.322. The molecule has 0 saturated heterocycles. The Bertz CT molecular complexity index is 452. The van der Waals surface area contributed by atoms with Crippen LogP contribution in [0, 0.1) is 0 Å². The number of hydrogen-bond donors (Lipinski definition) is 3. The van der Waals surface area contributed by atoms with Crippen LogP contribution in [0.3, 0.4) is 0 Å². The van der Waals surface area contributed by atoms with Gasteiger partial charge in [-0.25, -0.2) is 9.59 Å². The summed E-state index contributed by atoms with van der Waals surface area (Å²) in [6.45, 7) is 5.54. The largest absolute Gasteiger partial charge is 0.413 e. The topological polar surface area (TPSA) is 93.4 Å². The molecule has 0 saturated carbocycles. The van der Waals surface area contributed by atoms with Gasteiger partial charge < -0.3 is 21.1 Å². The molecule has 0 aliphatic heterocycles. The second-order valence-electron chi connectivity index (χ2n) is 4.78. The third-order valence-corrected chi connectivity index (χ3v) is 1.79. The number of urea groups is 1. The molecule has 0 aliphatic rings. The third kappa shape index (κ3) is 5.20. The van der Waals surface area contributed by atoms with Crippen molar-refractivity contribution in [2.24, 2.45) is 5.73 Å². The molecule has 18 heavy (non-hydrogen) atoms. The molecular formula is C12H17N3O3. The summed E-state index contributed by atoms with van der Waals surface area (Å²) in [5, 5.41) is 5.05. The highest BCUT2D eigenvalue weighted by atomic mass is 16.6. The average Bonchev–Trinajstić information content (AvgIpc) is 2.13. The van der Waals surface area contributed by atoms with Gasteiger partial charge in [-0.15, -0.1) is 0 Å². The van der Waals surface area contributed by atoms with Crippen molar-refractivity contribution in [3.63, 3.8) is 0 Å². The lowest BCUT2D eigenvalue weighted by Crippen LogP contribution is -2.42. The molecule has 0 aliphatic carbocycles. The molecule has 98 valence electrons. The van der Waals surface area contributed by atoms with Gasteiger partial charge in [0.2, 0.25) is 0 Å². The molecule has 6 heteroatoms. The summed E-state index contributed by atoms with van der Waals surface area (Å²) in [7, 11) is 0. The molecular weight excluding hydrogens is 234 g/mol. The first-order chi connectivity index (χ1) is 8.26. The summed E-state index contributed by atoms with van der Waals surface area (Å²) < 4.78 is 5.07. The molecule has 4 N–H and O–H groups in total. The van der Waals surface area contributed by atoms with Crippen LogP contribution in [0.1, 0.15) is 20.8 Å². The van der Waals surface area contributed by atoms with Crippen molar-refractivity contribution in [1.29, 1.82) is 0 Å². The van der Waals surface area contributed by atoms with E-state index in [-0.39, 0.29) is 5.54 Å². The van der Waals surface area contributed by atoms with Crippen molar-refractivity contribution in [2.45, 2.75) is 26.3 Å². The molecule has 1 aromatic carbocycles. The predicted molar refractivity (Wildman–Crippen MR) is 68.6 cm³/mol. The quantitative estimate of drug-likeness (QED) is 0.751. The first-order valence-electron chi connectivity index (χ1n) is 5.43. The fraction of sp³-hybridized carbons (Fsp3) is 0.333. The Morgan fingerprint density at radius 2 is 1.94 bits per heavy atom. The summed E-state index contributed by atoms with van der Waals surface area (Å²) in [6, 6.07) is 5.72. The van der Waals surface area contributed by atoms with Crippen LogP contribution < -0.4 is 21.1 Å². The monoisotopic (exact) mass is 251 g/mol. The number of ether oxygens (including phenoxy) is 1. The Hall–Kier alpha value is -2.24. The van der Waals surface area contributed by atoms with Gasteiger partial charge in [0.25, 0.3) is 0 Å². The molecule has 0 atom stereocenters. The summed E-state index contributed by atoms with van der Waals surface area (Å²) >= 11 is 0. The summed E-state index contributed by atoms with van der Waals surface area (Å²) in [4.78, 5) is 22.2. The van der Waals surface area contributed by atoms with Gasteiger partial charge in [-0.3, -0.25) is 0 Å². The number of anilines is 1. The van der Waals surface area contributed by atoms with E-state index in [4.69, 9.17) is 10.5 Å². The number of carbonyl (C=O) groups is 2. The Morgan fingerprint density at radius 3 is 2.50 bits per heavy atom. The van der Waals surface area contributed by atoms with E-state index < -0.39 is 12.1 Å². The van der Waals surface area contributed by atoms with E-state index in [9.17, 15) is 9.59 Å². The van der Waals surface area contributed by atoms with Gasteiger partial charge in [-0.1, -0.05) is 6.07 Å². The highest BCUT2D eigenvalue weighted by Gasteiger charge is 2.15. The lowest BCUT2D eigenvalue weighted by molar-refractivity contribution is 0.190. The normalized spacial score (nSPS) is 10.6. The first-order valence-corrected chi connectivity index (χ1v) is 5.43. The number of carbonyl (C=O) groups excluding carboxylic acids is 2. The number of hydrogen-bond acceptors (Lipinski definition) is 3. The van der Waals surface area contributed by atoms with Crippen molar-refractivity contribution in [1.82, 2.24) is 5.32 Å². The van der Waals surface area contributed by atoms with Crippen molar-refractivity contribution in [2.75, 3.05) is 5.32 Å². The van der Waals surface area contributed by atoms with E-state index in [2.05, 4.69) is 10.6 Å². The second kappa shape index (κ2) is 5.39. The van der Waals surface area contributed by atoms with Crippen molar-refractivity contribution in [3.8, 4) is 5.75 Å². The summed E-state index contributed by atoms with van der Waals surface area (Å²) in [5.41, 5.74) is 5.08. The highest BCUT2D eigenvalue weighted by Crippen LogP contribution is 2.17. The maximum atomic E-state index is 11.5. The van der Waals surface area contributed by atoms with Gasteiger partial charge >= 0.3 is 12.1 Å². The molecule has 0 bridgehead atoms. The van der Waals surface area contributed by atoms with Gasteiger partial charge in [-0.2, -0.15) is 0 Å². The van der Waals surface area contributed by atoms with Crippen LogP contribution in [0.5, 0.6) is 5.75 Å². The maximum absolute atomic E-state index is 11.5. The Morgan fingerprint density at radius 1 is 1.28 bits per heavy atom. The van der Waals surface area contributed by atoms with E-state index in [0.717, 1.165) is 0 Å². The minimum Gasteiger partial charge on any atom is -0.410 e. The van der Waals surface area contributed by atoms with E-state index in [1.54, 1.807) is 18.2 Å². The van der Waals surface area contributed by atoms with E-state index in [1.165, 1.54) is 6.07 Å². The van der Waals surface area contributed by atoms with Gasteiger partial charge in [0.15, 0.2) is 0 Å². The number of amides is 3. The average molecular weight is 251 g/mol. The SMILES string of the molecule is CC(C)(C)NC(=O)Oc1cccc(NC(N)=O)c1. The van der Waals surface area contributed by atoms with Crippen LogP contribution in [0.25, 0.3) is 0 Å². The zero-order valence-electron chi connectivity index (χ0n) is 10.6. The van der Waals surface area contributed by atoms with E-state index >= 15 is 0 Å². The zero-order valence-corrected chi connectivity index (χ0v) is 10.6. The molecule has 1 rings (SSSR count). The number of benzene rings is 1. The Labute approximate surface area is 105 Å².